The van der Waals surface area contributed by atoms with Crippen molar-refractivity contribution in [2.24, 2.45) is 0 Å². The Labute approximate surface area is 82.8 Å². The molecule has 14 heavy (non-hydrogen) atoms. The highest BCUT2D eigenvalue weighted by atomic mass is 16.4. The first-order valence-corrected chi connectivity index (χ1v) is 4.09. The molecule has 0 spiro atoms. The summed E-state index contributed by atoms with van der Waals surface area (Å²) in [7, 11) is 3.85. The average molecular weight is 207 g/mol. The average Bonchev–Trinajstić information content (AvgIpc) is 2.01. The first-order valence-electron chi connectivity index (χ1n) is 4.09. The molecule has 0 saturated carbocycles. The maximum Gasteiger partial charge on any atom is 0.303 e. The van der Waals surface area contributed by atoms with Gasteiger partial charge >= 0.3 is 11.9 Å². The van der Waals surface area contributed by atoms with Crippen LogP contribution in [0.15, 0.2) is 0 Å². The smallest absolute Gasteiger partial charge is 0.303 e. The van der Waals surface area contributed by atoms with Gasteiger partial charge in [0.25, 0.3) is 0 Å². The third kappa shape index (κ3) is 22.4. The summed E-state index contributed by atoms with van der Waals surface area (Å²) in [5, 5.41) is 24.0. The summed E-state index contributed by atoms with van der Waals surface area (Å²) in [6, 6.07) is 0. The maximum atomic E-state index is 9.64. The molecule has 3 N–H and O–H groups in total. The highest BCUT2D eigenvalue weighted by Crippen LogP contribution is 1.86. The summed E-state index contributed by atoms with van der Waals surface area (Å²) in [6.45, 7) is 1.02. The zero-order valence-corrected chi connectivity index (χ0v) is 8.43. The third-order valence-electron chi connectivity index (χ3n) is 1.10. The Bertz CT molecular complexity index is 155. The molecule has 0 atom stereocenters. The molecular weight excluding hydrogens is 190 g/mol. The van der Waals surface area contributed by atoms with Crippen LogP contribution in [-0.2, 0) is 9.59 Å². The van der Waals surface area contributed by atoms with Crippen molar-refractivity contribution in [2.75, 3.05) is 27.2 Å². The molecule has 0 radical (unpaired) electrons. The predicted octanol–water partition coefficient (Wildman–Crippen LogP) is -0.524. The Morgan fingerprint density at radius 2 is 1.43 bits per heavy atom. The minimum atomic E-state index is -1.08. The summed E-state index contributed by atoms with van der Waals surface area (Å²) >= 11 is 0. The van der Waals surface area contributed by atoms with E-state index in [-0.39, 0.29) is 19.4 Å². The highest BCUT2D eigenvalue weighted by Gasteiger charge is 2.00. The second kappa shape index (κ2) is 9.94. The second-order valence-corrected chi connectivity index (χ2v) is 2.81. The molecule has 0 saturated heterocycles. The van der Waals surface area contributed by atoms with Gasteiger partial charge in [-0.2, -0.15) is 0 Å². The van der Waals surface area contributed by atoms with Crippen molar-refractivity contribution in [2.45, 2.75) is 12.8 Å². The van der Waals surface area contributed by atoms with Crippen molar-refractivity contribution < 1.29 is 24.9 Å². The molecule has 0 amide bonds. The Kier molecular flexibility index (Phi) is 10.9. The minimum absolute atomic E-state index is 0.257. The van der Waals surface area contributed by atoms with E-state index >= 15 is 0 Å². The molecule has 84 valence electrons. The SMILES string of the molecule is CN(C)CCO.O=C(O)CCC(=O)O. The van der Waals surface area contributed by atoms with Crippen LogP contribution < -0.4 is 0 Å². The van der Waals surface area contributed by atoms with Crippen molar-refractivity contribution in [3.8, 4) is 0 Å². The molecule has 6 heteroatoms. The van der Waals surface area contributed by atoms with Gasteiger partial charge in [-0.1, -0.05) is 0 Å². The number of carboxylic acids is 2. The molecule has 0 bridgehead atoms. The van der Waals surface area contributed by atoms with Gasteiger partial charge < -0.3 is 20.2 Å². The van der Waals surface area contributed by atoms with E-state index in [0.29, 0.717) is 0 Å². The lowest BCUT2D eigenvalue weighted by molar-refractivity contribution is -0.143. The molecule has 0 aliphatic carbocycles. The van der Waals surface area contributed by atoms with Gasteiger partial charge in [0.2, 0.25) is 0 Å². The van der Waals surface area contributed by atoms with E-state index < -0.39 is 11.9 Å². The number of rotatable bonds is 5. The fourth-order valence-corrected chi connectivity index (χ4v) is 0.414. The number of likely N-dealkylation sites (N-methyl/N-ethyl adjacent to an activating group) is 1. The van der Waals surface area contributed by atoms with Crippen LogP contribution >= 0.6 is 0 Å². The summed E-state index contributed by atoms with van der Waals surface area (Å²) < 4.78 is 0. The Morgan fingerprint density at radius 3 is 1.50 bits per heavy atom. The quantitative estimate of drug-likeness (QED) is 0.561. The van der Waals surface area contributed by atoms with E-state index in [9.17, 15) is 9.59 Å². The van der Waals surface area contributed by atoms with Crippen LogP contribution in [0.3, 0.4) is 0 Å². The van der Waals surface area contributed by atoms with E-state index in [1.165, 1.54) is 0 Å². The van der Waals surface area contributed by atoms with Crippen LogP contribution in [0.5, 0.6) is 0 Å². The van der Waals surface area contributed by atoms with Crippen LogP contribution in [0, 0.1) is 0 Å². The lowest BCUT2D eigenvalue weighted by atomic mass is 10.3. The van der Waals surface area contributed by atoms with E-state index in [4.69, 9.17) is 15.3 Å². The van der Waals surface area contributed by atoms with Gasteiger partial charge in [-0.25, -0.2) is 0 Å². The first-order chi connectivity index (χ1) is 6.40. The molecular formula is C8H17NO5. The number of aliphatic hydroxyl groups is 1. The van der Waals surface area contributed by atoms with Crippen molar-refractivity contribution in [3.05, 3.63) is 0 Å². The van der Waals surface area contributed by atoms with Gasteiger partial charge in [-0.15, -0.1) is 0 Å². The lowest BCUT2D eigenvalue weighted by Gasteiger charge is -2.03. The third-order valence-corrected chi connectivity index (χ3v) is 1.10. The molecule has 0 aliphatic heterocycles. The second-order valence-electron chi connectivity index (χ2n) is 2.81. The Balaban J connectivity index is 0. The normalized spacial score (nSPS) is 9.14. The molecule has 6 nitrogen and oxygen atoms in total. The van der Waals surface area contributed by atoms with Crippen molar-refractivity contribution in [1.29, 1.82) is 0 Å². The van der Waals surface area contributed by atoms with Gasteiger partial charge in [0.05, 0.1) is 19.4 Å². The van der Waals surface area contributed by atoms with Gasteiger partial charge in [0.1, 0.15) is 0 Å². The molecule has 0 aromatic heterocycles. The van der Waals surface area contributed by atoms with Gasteiger partial charge in [-0.3, -0.25) is 9.59 Å². The summed E-state index contributed by atoms with van der Waals surface area (Å²) in [4.78, 5) is 21.2. The number of carboxylic acid groups (broad SMARTS) is 2. The molecule has 0 aliphatic rings. The van der Waals surface area contributed by atoms with Gasteiger partial charge in [-0.05, 0) is 14.1 Å². The maximum absolute atomic E-state index is 9.64. The molecule has 0 unspecified atom stereocenters. The number of aliphatic hydroxyl groups excluding tert-OH is 1. The van der Waals surface area contributed by atoms with Crippen LogP contribution in [0.2, 0.25) is 0 Å². The zero-order valence-electron chi connectivity index (χ0n) is 8.43. The molecule has 0 aromatic carbocycles. The highest BCUT2D eigenvalue weighted by molar-refractivity contribution is 5.75. The van der Waals surface area contributed by atoms with Crippen LogP contribution in [0.1, 0.15) is 12.8 Å². The standard InChI is InChI=1S/C4H11NO.C4H6O4/c1-5(2)3-4-6;5-3(6)1-2-4(7)8/h6H,3-4H2,1-2H3;1-2H2,(H,5,6)(H,7,8). The lowest BCUT2D eigenvalue weighted by Crippen LogP contribution is -2.15. The molecule has 0 heterocycles. The largest absolute Gasteiger partial charge is 0.481 e. The zero-order chi connectivity index (χ0) is 11.6. The van der Waals surface area contributed by atoms with Crippen molar-refractivity contribution in [1.82, 2.24) is 4.90 Å². The summed E-state index contributed by atoms with van der Waals surface area (Å²) in [5.74, 6) is -2.15. The summed E-state index contributed by atoms with van der Waals surface area (Å²) in [5.41, 5.74) is 0. The van der Waals surface area contributed by atoms with E-state index in [1.807, 2.05) is 19.0 Å². The van der Waals surface area contributed by atoms with E-state index in [0.717, 1.165) is 6.54 Å². The van der Waals surface area contributed by atoms with Crippen molar-refractivity contribution >= 4 is 11.9 Å². The molecule has 0 rings (SSSR count). The fraction of sp³-hybridized carbons (Fsp3) is 0.750. The van der Waals surface area contributed by atoms with E-state index in [1.54, 1.807) is 0 Å². The van der Waals surface area contributed by atoms with Crippen LogP contribution in [-0.4, -0.2) is 59.4 Å². The first kappa shape index (κ1) is 15.3. The number of hydrogen-bond acceptors (Lipinski definition) is 4. The Hall–Kier alpha value is -1.14. The molecule has 0 fully saturated rings. The Morgan fingerprint density at radius 1 is 1.07 bits per heavy atom. The molecule has 0 aromatic rings. The number of carbonyl (C=O) groups is 2. The van der Waals surface area contributed by atoms with Gasteiger partial charge in [0.15, 0.2) is 0 Å². The van der Waals surface area contributed by atoms with Crippen molar-refractivity contribution in [3.63, 3.8) is 0 Å². The minimum Gasteiger partial charge on any atom is -0.481 e. The monoisotopic (exact) mass is 207 g/mol. The predicted molar refractivity (Wildman–Crippen MR) is 50.1 cm³/mol. The number of hydrogen-bond donors (Lipinski definition) is 3. The van der Waals surface area contributed by atoms with Crippen LogP contribution in [0.25, 0.3) is 0 Å². The van der Waals surface area contributed by atoms with E-state index in [2.05, 4.69) is 0 Å². The number of nitrogens with zero attached hydrogens (tertiary/aromatic N) is 1. The summed E-state index contributed by atoms with van der Waals surface area (Å²) in [6.07, 6.45) is -0.593. The van der Waals surface area contributed by atoms with Gasteiger partial charge in [0, 0.05) is 6.54 Å². The topological polar surface area (TPSA) is 98.1 Å². The fourth-order valence-electron chi connectivity index (χ4n) is 0.414. The van der Waals surface area contributed by atoms with Crippen LogP contribution in [0.4, 0.5) is 0 Å². The number of aliphatic carboxylic acids is 2.